The van der Waals surface area contributed by atoms with Crippen LogP contribution >= 0.6 is 24.0 Å². The maximum Gasteiger partial charge on any atom is 0.270 e. The molecule has 0 aliphatic heterocycles. The fourth-order valence-electron chi connectivity index (χ4n) is 2.40. The summed E-state index contributed by atoms with van der Waals surface area (Å²) in [5, 5.41) is 5.96. The van der Waals surface area contributed by atoms with Gasteiger partial charge in [-0.1, -0.05) is 35.9 Å². The predicted molar refractivity (Wildman–Crippen MR) is 109 cm³/mol. The van der Waals surface area contributed by atoms with E-state index in [2.05, 4.69) is 20.6 Å². The predicted octanol–water partition coefficient (Wildman–Crippen LogP) is 3.55. The Kier molecular flexibility index (Phi) is 8.06. The number of nitrogens with one attached hydrogen (secondary N) is 2. The third-order valence-corrected chi connectivity index (χ3v) is 4.08. The van der Waals surface area contributed by atoms with Crippen LogP contribution in [-0.4, -0.2) is 21.8 Å². The van der Waals surface area contributed by atoms with Gasteiger partial charge >= 0.3 is 0 Å². The van der Waals surface area contributed by atoms with Crippen molar-refractivity contribution in [1.29, 1.82) is 0 Å². The van der Waals surface area contributed by atoms with Crippen LogP contribution in [0.4, 0.5) is 4.39 Å². The number of carbonyl (C=O) groups excluding carboxylic acids is 2. The SMILES string of the molecule is Cl.O=C(NCc1ccc(F)cc1)c1cc(C(=O)NCc2cccc(Cl)c2)ncn1. The first-order chi connectivity index (χ1) is 13.5. The summed E-state index contributed by atoms with van der Waals surface area (Å²) in [5.41, 5.74) is 1.71. The molecule has 0 saturated carbocycles. The van der Waals surface area contributed by atoms with Gasteiger partial charge in [0, 0.05) is 24.2 Å². The first-order valence-corrected chi connectivity index (χ1v) is 8.76. The van der Waals surface area contributed by atoms with Crippen LogP contribution < -0.4 is 10.6 Å². The Morgan fingerprint density at radius 3 is 2.03 bits per heavy atom. The lowest BCUT2D eigenvalue weighted by molar-refractivity contribution is 0.0944. The van der Waals surface area contributed by atoms with E-state index in [4.69, 9.17) is 11.6 Å². The molecule has 2 aromatic carbocycles. The van der Waals surface area contributed by atoms with Crippen molar-refractivity contribution in [2.45, 2.75) is 13.1 Å². The van der Waals surface area contributed by atoms with Crippen molar-refractivity contribution in [2.75, 3.05) is 0 Å². The molecule has 0 spiro atoms. The molecule has 1 aromatic heterocycles. The lowest BCUT2D eigenvalue weighted by atomic mass is 10.2. The normalized spacial score (nSPS) is 10.0. The van der Waals surface area contributed by atoms with Gasteiger partial charge in [-0.3, -0.25) is 9.59 Å². The summed E-state index contributed by atoms with van der Waals surface area (Å²) < 4.78 is 12.9. The average molecular weight is 435 g/mol. The van der Waals surface area contributed by atoms with E-state index >= 15 is 0 Å². The highest BCUT2D eigenvalue weighted by molar-refractivity contribution is 6.30. The molecule has 0 aliphatic rings. The summed E-state index contributed by atoms with van der Waals surface area (Å²) in [7, 11) is 0. The quantitative estimate of drug-likeness (QED) is 0.621. The maximum atomic E-state index is 12.9. The molecule has 0 atom stereocenters. The topological polar surface area (TPSA) is 84.0 Å². The van der Waals surface area contributed by atoms with E-state index in [0.29, 0.717) is 5.02 Å². The van der Waals surface area contributed by atoms with Gasteiger partial charge in [0.25, 0.3) is 11.8 Å². The number of amides is 2. The fraction of sp³-hybridized carbons (Fsp3) is 0.100. The number of benzene rings is 2. The number of carbonyl (C=O) groups is 2. The summed E-state index contributed by atoms with van der Waals surface area (Å²) in [5.74, 6) is -1.25. The van der Waals surface area contributed by atoms with E-state index in [-0.39, 0.29) is 42.7 Å². The Hall–Kier alpha value is -3.03. The second-order valence-electron chi connectivity index (χ2n) is 5.91. The lowest BCUT2D eigenvalue weighted by Crippen LogP contribution is -2.27. The number of halogens is 3. The van der Waals surface area contributed by atoms with Crippen molar-refractivity contribution < 1.29 is 14.0 Å². The molecule has 0 fully saturated rings. The molecule has 6 nitrogen and oxygen atoms in total. The molecule has 3 rings (SSSR count). The Morgan fingerprint density at radius 2 is 1.45 bits per heavy atom. The van der Waals surface area contributed by atoms with Crippen molar-refractivity contribution in [1.82, 2.24) is 20.6 Å². The molecular formula is C20H17Cl2FN4O2. The Labute approximate surface area is 177 Å². The van der Waals surface area contributed by atoms with Gasteiger partial charge < -0.3 is 10.6 Å². The highest BCUT2D eigenvalue weighted by Gasteiger charge is 2.13. The first-order valence-electron chi connectivity index (χ1n) is 8.38. The van der Waals surface area contributed by atoms with Crippen LogP contribution in [-0.2, 0) is 13.1 Å². The first kappa shape index (κ1) is 22.3. The minimum Gasteiger partial charge on any atom is -0.347 e. The van der Waals surface area contributed by atoms with Crippen LogP contribution in [0.5, 0.6) is 0 Å². The van der Waals surface area contributed by atoms with Crippen LogP contribution in [0.25, 0.3) is 0 Å². The van der Waals surface area contributed by atoms with Crippen LogP contribution in [0, 0.1) is 5.82 Å². The van der Waals surface area contributed by atoms with E-state index in [1.54, 1.807) is 30.3 Å². The van der Waals surface area contributed by atoms with Crippen LogP contribution in [0.2, 0.25) is 5.02 Å². The van der Waals surface area contributed by atoms with Crippen LogP contribution in [0.1, 0.15) is 32.1 Å². The third kappa shape index (κ3) is 6.51. The highest BCUT2D eigenvalue weighted by atomic mass is 35.5. The number of rotatable bonds is 6. The van der Waals surface area contributed by atoms with E-state index in [9.17, 15) is 14.0 Å². The number of nitrogens with zero attached hydrogens (tertiary/aromatic N) is 2. The van der Waals surface area contributed by atoms with Gasteiger partial charge in [-0.05, 0) is 35.4 Å². The maximum absolute atomic E-state index is 12.9. The molecule has 9 heteroatoms. The fourth-order valence-corrected chi connectivity index (χ4v) is 2.61. The summed E-state index contributed by atoms with van der Waals surface area (Å²) in [6.45, 7) is 0.481. The zero-order valence-corrected chi connectivity index (χ0v) is 16.6. The van der Waals surface area contributed by atoms with Crippen molar-refractivity contribution in [2.24, 2.45) is 0 Å². The molecule has 0 saturated heterocycles. The molecule has 0 aliphatic carbocycles. The number of hydrogen-bond acceptors (Lipinski definition) is 4. The standard InChI is InChI=1S/C20H16ClFN4O2.ClH/c21-15-3-1-2-14(8-15)11-24-20(28)18-9-17(25-12-26-18)19(27)23-10-13-4-6-16(22)7-5-13;/h1-9,12H,10-11H2,(H,23,27)(H,24,28);1H. The van der Waals surface area contributed by atoms with E-state index in [1.165, 1.54) is 18.2 Å². The van der Waals surface area contributed by atoms with Gasteiger partial charge in [-0.15, -0.1) is 12.4 Å². The van der Waals surface area contributed by atoms with Gasteiger partial charge in [0.2, 0.25) is 0 Å². The third-order valence-electron chi connectivity index (χ3n) is 3.84. The molecule has 0 bridgehead atoms. The van der Waals surface area contributed by atoms with E-state index in [1.807, 2.05) is 6.07 Å². The average Bonchev–Trinajstić information content (AvgIpc) is 2.71. The molecule has 150 valence electrons. The highest BCUT2D eigenvalue weighted by Crippen LogP contribution is 2.10. The second-order valence-corrected chi connectivity index (χ2v) is 6.35. The zero-order chi connectivity index (χ0) is 19.9. The van der Waals surface area contributed by atoms with Gasteiger partial charge in [0.15, 0.2) is 0 Å². The molecule has 2 amide bonds. The molecule has 1 heterocycles. The second kappa shape index (κ2) is 10.5. The summed E-state index contributed by atoms with van der Waals surface area (Å²) >= 11 is 5.92. The Morgan fingerprint density at radius 1 is 0.862 bits per heavy atom. The van der Waals surface area contributed by atoms with Gasteiger partial charge in [-0.2, -0.15) is 0 Å². The largest absolute Gasteiger partial charge is 0.347 e. The van der Waals surface area contributed by atoms with Gasteiger partial charge in [-0.25, -0.2) is 14.4 Å². The summed E-state index contributed by atoms with van der Waals surface area (Å²) in [6.07, 6.45) is 1.15. The molecule has 0 unspecified atom stereocenters. The van der Waals surface area contributed by atoms with Gasteiger partial charge in [0.1, 0.15) is 23.5 Å². The van der Waals surface area contributed by atoms with E-state index < -0.39 is 11.8 Å². The van der Waals surface area contributed by atoms with Gasteiger partial charge in [0.05, 0.1) is 0 Å². The number of aromatic nitrogens is 2. The smallest absolute Gasteiger partial charge is 0.270 e. The Bertz CT molecular complexity index is 1000. The molecule has 0 radical (unpaired) electrons. The Balaban J connectivity index is 0.00000300. The molecule has 29 heavy (non-hydrogen) atoms. The molecule has 3 aromatic rings. The van der Waals surface area contributed by atoms with Crippen LogP contribution in [0.15, 0.2) is 60.9 Å². The lowest BCUT2D eigenvalue weighted by Gasteiger charge is -2.07. The van der Waals surface area contributed by atoms with Crippen molar-refractivity contribution >= 4 is 35.8 Å². The molecule has 2 N–H and O–H groups in total. The minimum atomic E-state index is -0.462. The monoisotopic (exact) mass is 434 g/mol. The number of hydrogen-bond donors (Lipinski definition) is 2. The minimum absolute atomic E-state index is 0. The van der Waals surface area contributed by atoms with Crippen molar-refractivity contribution in [3.05, 3.63) is 94.3 Å². The molecular weight excluding hydrogens is 418 g/mol. The van der Waals surface area contributed by atoms with Crippen molar-refractivity contribution in [3.8, 4) is 0 Å². The summed E-state index contributed by atoms with van der Waals surface area (Å²) in [6, 6.07) is 14.2. The zero-order valence-electron chi connectivity index (χ0n) is 15.1. The van der Waals surface area contributed by atoms with Crippen LogP contribution in [0.3, 0.4) is 0 Å². The summed E-state index contributed by atoms with van der Waals surface area (Å²) in [4.78, 5) is 32.3. The van der Waals surface area contributed by atoms with E-state index in [0.717, 1.165) is 17.5 Å². The van der Waals surface area contributed by atoms with Crippen molar-refractivity contribution in [3.63, 3.8) is 0 Å².